The second-order valence-corrected chi connectivity index (χ2v) is 27.0. The van der Waals surface area contributed by atoms with Crippen LogP contribution in [0.5, 0.6) is 0 Å². The third-order valence-corrected chi connectivity index (χ3v) is 26.5. The zero-order valence-corrected chi connectivity index (χ0v) is 39.9. The van der Waals surface area contributed by atoms with Gasteiger partial charge in [-0.3, -0.25) is 0 Å². The molecule has 0 amide bonds. The van der Waals surface area contributed by atoms with Crippen molar-refractivity contribution in [3.8, 4) is 0 Å². The van der Waals surface area contributed by atoms with E-state index in [1.54, 1.807) is 313 Å². The van der Waals surface area contributed by atoms with E-state index >= 15 is 0 Å². The molecule has 1 saturated heterocycles. The van der Waals surface area contributed by atoms with E-state index in [-0.39, 0.29) is 33.9 Å². The molecule has 1 nitrogen and oxygen atoms in total. The molecular weight excluding hydrogens is 947 g/mol. The summed E-state index contributed by atoms with van der Waals surface area (Å²) in [7, 11) is 2.57. The summed E-state index contributed by atoms with van der Waals surface area (Å²) in [5, 5.41) is 90.8. The van der Waals surface area contributed by atoms with Crippen LogP contribution >= 0.6 is 0 Å². The van der Waals surface area contributed by atoms with Gasteiger partial charge in [0.2, 0.25) is 0 Å². The second-order valence-electron chi connectivity index (χ2n) is 27.0. The molecule has 28 aromatic carbocycles. The normalized spacial score (nSPS) is 25.2. The molecule has 1 aliphatic heterocycles. The molecule has 75 heavy (non-hydrogen) atoms. The third kappa shape index (κ3) is 1.79. The molecule has 0 bridgehead atoms. The number of rotatable bonds is 1. The second kappa shape index (κ2) is 7.43. The molecule has 2 heteroatoms. The van der Waals surface area contributed by atoms with E-state index in [0.717, 1.165) is 6.54 Å². The standard InChI is InChI=1S/C68H10N.C5H5.Fe/c1-69-6-67-62-54-46-36-26-18-10-8-9-12-16-14(10)22-30-24(16)34-28-20(12)21-13(9)17-15-11(8)19(18)27-33-23(15)31-25(17)35-29(21)39-38(28)50-44(34)52-42(30)48(40(46)32(22)26)56(62)58(52)64-60(50)61-51(39)45(35)53-43(31)49-41(33)47(37(27)36)55(54)63(67)57(49)59(53)65(61)68(64,67)66(69)7-4-2-3-5-7;1-2-4-5-3-1;/h2-5,66H,6H2,1H3;1-5H;/q;;+2. The molecule has 1 heterocycles. The van der Waals surface area contributed by atoms with Crippen LogP contribution in [0.3, 0.4) is 0 Å². The van der Waals surface area contributed by atoms with Crippen molar-refractivity contribution in [2.75, 3.05) is 13.6 Å². The van der Waals surface area contributed by atoms with E-state index in [1.807, 2.05) is 32.1 Å². The van der Waals surface area contributed by atoms with Gasteiger partial charge in [-0.15, -0.1) is 0 Å². The molecule has 1 atom stereocenters. The summed E-state index contributed by atoms with van der Waals surface area (Å²) in [4.78, 5) is 2.94. The Bertz CT molecular complexity index is 7050. The molecule has 28 aromatic rings. The van der Waals surface area contributed by atoms with Crippen LogP contribution < -0.4 is 0 Å². The summed E-state index contributed by atoms with van der Waals surface area (Å²) in [6.07, 6.45) is 19.8. The van der Waals surface area contributed by atoms with Gasteiger partial charge < -0.3 is 4.90 Å². The van der Waals surface area contributed by atoms with Gasteiger partial charge in [0.05, 0.1) is 10.8 Å². The molecule has 1 unspecified atom stereocenters. The average Bonchev–Trinajstić information content (AvgIpc) is 4.19. The van der Waals surface area contributed by atoms with Crippen LogP contribution in [-0.4, -0.2) is 24.5 Å². The van der Waals surface area contributed by atoms with Gasteiger partial charge in [-0.05, 0) is 378 Å². The van der Waals surface area contributed by atoms with Gasteiger partial charge in [-0.2, -0.15) is 0 Å². The Kier molecular flexibility index (Phi) is 3.08. The topological polar surface area (TPSA) is 3.24 Å². The maximum atomic E-state index is 2.94. The van der Waals surface area contributed by atoms with Crippen LogP contribution in [0.15, 0.2) is 0 Å². The smallest absolute Gasteiger partial charge is 0.300 e. The van der Waals surface area contributed by atoms with Crippen molar-refractivity contribution in [2.24, 2.45) is 0 Å². The first kappa shape index (κ1) is 31.1. The van der Waals surface area contributed by atoms with Gasteiger partial charge in [0.15, 0.2) is 0 Å². The number of benzene rings is 18. The van der Waals surface area contributed by atoms with Gasteiger partial charge in [0.1, 0.15) is 0 Å². The monoisotopic (exact) mass is 961 g/mol. The first-order chi connectivity index (χ1) is 36.8. The Morgan fingerprint density at radius 3 is 0.627 bits per heavy atom. The minimum Gasteiger partial charge on any atom is -0.300 e. The van der Waals surface area contributed by atoms with Gasteiger partial charge in [0.25, 0.3) is 0 Å². The molecule has 10 radical (unpaired) electrons. The Balaban J connectivity index is 0.000000543. The molecule has 2 spiro atoms. The van der Waals surface area contributed by atoms with Crippen LogP contribution in [0.25, 0.3) is 291 Å². The maximum absolute atomic E-state index is 2.94. The number of likely N-dealkylation sites (tertiary alicyclic amines) is 1. The molecular formula is C73H15FeN+2. The summed E-state index contributed by atoms with van der Waals surface area (Å²) in [5.74, 6) is 1.53. The zero-order valence-electron chi connectivity index (χ0n) is 38.8. The minimum atomic E-state index is -0.262. The van der Waals surface area contributed by atoms with Crippen molar-refractivity contribution in [1.29, 1.82) is 0 Å². The van der Waals surface area contributed by atoms with Crippen molar-refractivity contribution >= 4 is 291 Å². The van der Waals surface area contributed by atoms with Gasteiger partial charge in [-0.25, -0.2) is 0 Å². The average molecular weight is 962 g/mol. The van der Waals surface area contributed by atoms with Crippen LogP contribution in [-0.2, 0) is 27.9 Å². The maximum Gasteiger partial charge on any atom is 2.00 e. The van der Waals surface area contributed by atoms with E-state index < -0.39 is 0 Å². The molecule has 0 aromatic heterocycles. The number of hydrogen-bond donors (Lipinski definition) is 0. The van der Waals surface area contributed by atoms with Gasteiger partial charge in [-0.1, -0.05) is 0 Å². The first-order valence-corrected chi connectivity index (χ1v) is 27.7. The Hall–Kier alpha value is -7.06. The molecule has 2 saturated carbocycles. The quantitative estimate of drug-likeness (QED) is 0.117. The minimum absolute atomic E-state index is 0. The van der Waals surface area contributed by atoms with Crippen LogP contribution in [0.4, 0.5) is 0 Å². The van der Waals surface area contributed by atoms with E-state index in [9.17, 15) is 0 Å². The van der Waals surface area contributed by atoms with Crippen molar-refractivity contribution < 1.29 is 17.1 Å². The fraction of sp³-hybridized carbons (Fsp3) is 0.0685. The third-order valence-electron chi connectivity index (χ3n) is 26.5. The van der Waals surface area contributed by atoms with Crippen molar-refractivity contribution in [3.05, 3.63) is 86.0 Å². The number of nitrogens with zero attached hydrogens (tertiary/aromatic N) is 1. The summed E-state index contributed by atoms with van der Waals surface area (Å²) in [6.45, 7) is 1.07. The predicted octanol–water partition coefficient (Wildman–Crippen LogP) is 18.0. The summed E-state index contributed by atoms with van der Waals surface area (Å²) >= 11 is 0. The molecule has 35 rings (SSSR count). The molecule has 318 valence electrons. The molecule has 0 N–H and O–H groups in total. The van der Waals surface area contributed by atoms with E-state index in [1.165, 1.54) is 5.92 Å². The summed E-state index contributed by atoms with van der Waals surface area (Å²) in [6, 6.07) is 0.225. The summed E-state index contributed by atoms with van der Waals surface area (Å²) < 4.78 is 0. The van der Waals surface area contributed by atoms with Gasteiger partial charge >= 0.3 is 17.1 Å². The summed E-state index contributed by atoms with van der Waals surface area (Å²) in [5.41, 5.74) is 6.68. The fourth-order valence-corrected chi connectivity index (χ4v) is 26.4. The van der Waals surface area contributed by atoms with Crippen LogP contribution in [0.1, 0.15) is 22.3 Å². The zero-order chi connectivity index (χ0) is 44.3. The predicted molar refractivity (Wildman–Crippen MR) is 312 cm³/mol. The largest absolute Gasteiger partial charge is 2.00 e. The molecule has 6 aliphatic carbocycles. The SMILES string of the molecule is CN1CC23c4c5c6c7c8c9c(c%10c%11c2c2c4c4c%12c5c5c6c6c8c8c%13c9c9c%10c%10c%11c%11c2c2c4c4c%12c%12c5c5c6c8c6c8c%13c9c9c%10c%10c%11c2c2c4c4c%12c5c6c5c8c9c%10c2c45)C73C1[C]1[CH][CH][CH][CH]1.[CH]1[CH][CH][CH][CH]1.[Fe+2]. The molecule has 7 aliphatic rings. The number of likely N-dealkylation sites (N-methyl/N-ethyl adjacent to an activating group) is 1. The molecule has 3 fully saturated rings. The van der Waals surface area contributed by atoms with Crippen molar-refractivity contribution in [1.82, 2.24) is 4.90 Å². The Morgan fingerprint density at radius 1 is 0.253 bits per heavy atom. The fourth-order valence-electron chi connectivity index (χ4n) is 26.4. The van der Waals surface area contributed by atoms with Crippen LogP contribution in [0.2, 0.25) is 0 Å². The van der Waals surface area contributed by atoms with Crippen molar-refractivity contribution in [3.63, 3.8) is 0 Å². The Morgan fingerprint density at radius 2 is 0.427 bits per heavy atom. The van der Waals surface area contributed by atoms with E-state index in [2.05, 4.69) is 37.6 Å². The number of hydrogen-bond acceptors (Lipinski definition) is 1. The van der Waals surface area contributed by atoms with Crippen molar-refractivity contribution in [2.45, 2.75) is 16.9 Å². The Labute approximate surface area is 426 Å². The van der Waals surface area contributed by atoms with E-state index in [0.29, 0.717) is 0 Å². The van der Waals surface area contributed by atoms with Crippen LogP contribution in [0, 0.1) is 63.7 Å². The van der Waals surface area contributed by atoms with E-state index in [4.69, 9.17) is 0 Å². The van der Waals surface area contributed by atoms with Gasteiger partial charge in [0, 0.05) is 18.5 Å². The first-order valence-electron chi connectivity index (χ1n) is 27.7.